The molecular weight excluding hydrogens is 250 g/mol. The van der Waals surface area contributed by atoms with Crippen molar-refractivity contribution in [1.29, 1.82) is 0 Å². The monoisotopic (exact) mass is 265 g/mol. The maximum Gasteiger partial charge on any atom is 0.226 e. The molecule has 1 atom stereocenters. The number of rotatable bonds is 2. The van der Waals surface area contributed by atoms with Crippen molar-refractivity contribution < 1.29 is 0 Å². The van der Waals surface area contributed by atoms with Crippen LogP contribution in [0.4, 0.5) is 5.82 Å². The number of fused-ring (bicyclic) bond motifs is 1. The van der Waals surface area contributed by atoms with Crippen LogP contribution < -0.4 is 5.32 Å². The van der Waals surface area contributed by atoms with Crippen molar-refractivity contribution in [2.45, 2.75) is 39.2 Å². The number of H-pyrrole nitrogens is 1. The average Bonchev–Trinajstić information content (AvgIpc) is 2.84. The van der Waals surface area contributed by atoms with Crippen LogP contribution in [-0.2, 0) is 0 Å². The number of nitrogens with zero attached hydrogens (tertiary/aromatic N) is 3. The minimum absolute atomic E-state index is 0.231. The summed E-state index contributed by atoms with van der Waals surface area (Å²) in [5, 5.41) is 3.69. The summed E-state index contributed by atoms with van der Waals surface area (Å²) in [6.45, 7) is 4.60. The van der Waals surface area contributed by atoms with Gasteiger partial charge < -0.3 is 10.3 Å². The molecule has 0 spiro atoms. The van der Waals surface area contributed by atoms with Gasteiger partial charge in [0.1, 0.15) is 5.52 Å². The van der Waals surface area contributed by atoms with Gasteiger partial charge in [0.25, 0.3) is 0 Å². The Labute approximate surface area is 110 Å². The molecule has 0 aromatic carbocycles. The van der Waals surface area contributed by atoms with E-state index in [2.05, 4.69) is 39.1 Å². The minimum Gasteiger partial charge on any atom is -0.365 e. The Balaban J connectivity index is 1.88. The Morgan fingerprint density at radius 1 is 1.44 bits per heavy atom. The van der Waals surface area contributed by atoms with E-state index < -0.39 is 0 Å². The Morgan fingerprint density at radius 2 is 2.28 bits per heavy atom. The largest absolute Gasteiger partial charge is 0.365 e. The van der Waals surface area contributed by atoms with Gasteiger partial charge in [-0.15, -0.1) is 0 Å². The van der Waals surface area contributed by atoms with Gasteiger partial charge in [0, 0.05) is 6.04 Å². The summed E-state index contributed by atoms with van der Waals surface area (Å²) in [5.74, 6) is 0.755. The summed E-state index contributed by atoms with van der Waals surface area (Å²) in [7, 11) is 0. The maximum atomic E-state index is 5.91. The molecular formula is C12H16ClN5. The highest BCUT2D eigenvalue weighted by molar-refractivity contribution is 6.28. The molecule has 1 fully saturated rings. The lowest BCUT2D eigenvalue weighted by Gasteiger charge is -2.18. The quantitative estimate of drug-likeness (QED) is 0.819. The lowest BCUT2D eigenvalue weighted by atomic mass is 9.92. The minimum atomic E-state index is 0.231. The number of aromatic nitrogens is 4. The molecule has 2 aromatic rings. The van der Waals surface area contributed by atoms with E-state index in [9.17, 15) is 0 Å². The molecule has 96 valence electrons. The van der Waals surface area contributed by atoms with E-state index in [1.165, 1.54) is 6.42 Å². The summed E-state index contributed by atoms with van der Waals surface area (Å²) >= 11 is 5.91. The predicted molar refractivity (Wildman–Crippen MR) is 71.7 cm³/mol. The van der Waals surface area contributed by atoms with E-state index in [1.807, 2.05) is 0 Å². The smallest absolute Gasteiger partial charge is 0.226 e. The van der Waals surface area contributed by atoms with Gasteiger partial charge in [-0.2, -0.15) is 9.97 Å². The van der Waals surface area contributed by atoms with Crippen molar-refractivity contribution in [2.24, 2.45) is 5.41 Å². The van der Waals surface area contributed by atoms with Gasteiger partial charge in [-0.25, -0.2) is 4.98 Å². The molecule has 1 unspecified atom stereocenters. The van der Waals surface area contributed by atoms with Crippen LogP contribution in [0.3, 0.4) is 0 Å². The summed E-state index contributed by atoms with van der Waals surface area (Å²) in [4.78, 5) is 15.5. The normalized spacial score (nSPS) is 22.5. The molecule has 0 saturated heterocycles. The van der Waals surface area contributed by atoms with Gasteiger partial charge >= 0.3 is 0 Å². The Bertz CT molecular complexity index is 577. The number of imidazole rings is 1. The molecule has 0 aliphatic heterocycles. The third-order valence-corrected chi connectivity index (χ3v) is 3.74. The SMILES string of the molecule is CC1(C)CCC(Nc2nc(Cl)nc3nc[nH]c23)C1. The molecule has 2 heterocycles. The fourth-order valence-electron chi connectivity index (χ4n) is 2.66. The Kier molecular flexibility index (Phi) is 2.66. The van der Waals surface area contributed by atoms with Crippen LogP contribution in [0, 0.1) is 5.41 Å². The highest BCUT2D eigenvalue weighted by Crippen LogP contribution is 2.38. The van der Waals surface area contributed by atoms with Crippen molar-refractivity contribution in [3.05, 3.63) is 11.6 Å². The maximum absolute atomic E-state index is 5.91. The van der Waals surface area contributed by atoms with E-state index in [4.69, 9.17) is 11.6 Å². The van der Waals surface area contributed by atoms with Crippen LogP contribution in [-0.4, -0.2) is 26.0 Å². The van der Waals surface area contributed by atoms with Gasteiger partial charge in [0.2, 0.25) is 5.28 Å². The zero-order valence-electron chi connectivity index (χ0n) is 10.5. The van der Waals surface area contributed by atoms with E-state index in [0.29, 0.717) is 17.1 Å². The number of hydrogen-bond donors (Lipinski definition) is 2. The highest BCUT2D eigenvalue weighted by Gasteiger charge is 2.31. The van der Waals surface area contributed by atoms with E-state index >= 15 is 0 Å². The van der Waals surface area contributed by atoms with Crippen LogP contribution in [0.15, 0.2) is 6.33 Å². The number of hydrogen-bond acceptors (Lipinski definition) is 4. The summed E-state index contributed by atoms with van der Waals surface area (Å²) in [6.07, 6.45) is 5.14. The van der Waals surface area contributed by atoms with Gasteiger partial charge in [-0.3, -0.25) is 0 Å². The molecule has 3 rings (SSSR count). The number of aromatic amines is 1. The first-order valence-corrected chi connectivity index (χ1v) is 6.54. The van der Waals surface area contributed by atoms with Crippen LogP contribution in [0.25, 0.3) is 11.2 Å². The Morgan fingerprint density at radius 3 is 3.00 bits per heavy atom. The molecule has 2 aromatic heterocycles. The third kappa shape index (κ3) is 2.14. The molecule has 0 bridgehead atoms. The molecule has 6 heteroatoms. The molecule has 1 saturated carbocycles. The van der Waals surface area contributed by atoms with Gasteiger partial charge in [-0.05, 0) is 36.3 Å². The number of halogens is 1. The fourth-order valence-corrected chi connectivity index (χ4v) is 2.83. The summed E-state index contributed by atoms with van der Waals surface area (Å²) in [6, 6.07) is 0.442. The zero-order chi connectivity index (χ0) is 12.8. The standard InChI is InChI=1S/C12H16ClN5/c1-12(2)4-3-7(5-12)16-10-8-9(15-6-14-8)17-11(13)18-10/h6-7H,3-5H2,1-2H3,(H2,14,15,16,17,18). The molecule has 0 radical (unpaired) electrons. The van der Waals surface area contributed by atoms with Crippen LogP contribution >= 0.6 is 11.6 Å². The average molecular weight is 266 g/mol. The fraction of sp³-hybridized carbons (Fsp3) is 0.583. The second-order valence-corrected chi connectivity index (χ2v) is 6.03. The number of nitrogens with one attached hydrogen (secondary N) is 2. The topological polar surface area (TPSA) is 66.5 Å². The molecule has 1 aliphatic carbocycles. The molecule has 2 N–H and O–H groups in total. The molecule has 1 aliphatic rings. The lowest BCUT2D eigenvalue weighted by Crippen LogP contribution is -2.18. The van der Waals surface area contributed by atoms with Gasteiger partial charge in [0.15, 0.2) is 11.5 Å². The van der Waals surface area contributed by atoms with Crippen molar-refractivity contribution >= 4 is 28.6 Å². The molecule has 0 amide bonds. The highest BCUT2D eigenvalue weighted by atomic mass is 35.5. The first kappa shape index (κ1) is 11.7. The van der Waals surface area contributed by atoms with Crippen molar-refractivity contribution in [1.82, 2.24) is 19.9 Å². The van der Waals surface area contributed by atoms with Gasteiger partial charge in [0.05, 0.1) is 6.33 Å². The molecule has 18 heavy (non-hydrogen) atoms. The molecule has 5 nitrogen and oxygen atoms in total. The number of anilines is 1. The second-order valence-electron chi connectivity index (χ2n) is 5.69. The van der Waals surface area contributed by atoms with Crippen LogP contribution in [0.2, 0.25) is 5.28 Å². The first-order valence-electron chi connectivity index (χ1n) is 6.17. The van der Waals surface area contributed by atoms with Crippen LogP contribution in [0.5, 0.6) is 0 Å². The van der Waals surface area contributed by atoms with Crippen molar-refractivity contribution in [3.8, 4) is 0 Å². The van der Waals surface area contributed by atoms with E-state index in [-0.39, 0.29) is 5.28 Å². The lowest BCUT2D eigenvalue weighted by molar-refractivity contribution is 0.378. The first-order chi connectivity index (χ1) is 8.53. The Hall–Kier alpha value is -1.36. The van der Waals surface area contributed by atoms with E-state index in [1.54, 1.807) is 6.33 Å². The van der Waals surface area contributed by atoms with Gasteiger partial charge in [-0.1, -0.05) is 13.8 Å². The van der Waals surface area contributed by atoms with E-state index in [0.717, 1.165) is 24.2 Å². The summed E-state index contributed by atoms with van der Waals surface area (Å²) in [5.41, 5.74) is 1.83. The van der Waals surface area contributed by atoms with Crippen molar-refractivity contribution in [2.75, 3.05) is 5.32 Å². The predicted octanol–water partition coefficient (Wildman–Crippen LogP) is 3.00. The summed E-state index contributed by atoms with van der Waals surface area (Å²) < 4.78 is 0. The van der Waals surface area contributed by atoms with Crippen molar-refractivity contribution in [3.63, 3.8) is 0 Å². The third-order valence-electron chi connectivity index (χ3n) is 3.57. The second kappa shape index (κ2) is 4.09. The zero-order valence-corrected chi connectivity index (χ0v) is 11.3. The van der Waals surface area contributed by atoms with Crippen LogP contribution in [0.1, 0.15) is 33.1 Å².